The topological polar surface area (TPSA) is 24.9 Å². The molecule has 0 fully saturated rings. The van der Waals surface area contributed by atoms with Gasteiger partial charge in [0.15, 0.2) is 5.13 Å². The fraction of sp³-hybridized carbons (Fsp3) is 0.167. The predicted octanol–water partition coefficient (Wildman–Crippen LogP) is 3.12. The van der Waals surface area contributed by atoms with Gasteiger partial charge in [-0.3, -0.25) is 0 Å². The third-order valence-electron chi connectivity index (χ3n) is 0.908. The highest BCUT2D eigenvalue weighted by Gasteiger charge is 1.97. The smallest absolute Gasteiger partial charge is 0.184 e. The third kappa shape index (κ3) is 3.22. The summed E-state index contributed by atoms with van der Waals surface area (Å²) < 4.78 is 0.892. The number of nitrogens with zero attached hydrogens (tertiary/aromatic N) is 1. The molecule has 0 unspecified atom stereocenters. The minimum absolute atomic E-state index is 0.526. The summed E-state index contributed by atoms with van der Waals surface area (Å²) >= 11 is 10.3. The Morgan fingerprint density at radius 2 is 2.64 bits per heavy atom. The molecule has 1 aromatic heterocycles. The van der Waals surface area contributed by atoms with Gasteiger partial charge in [0.25, 0.3) is 0 Å². The van der Waals surface area contributed by atoms with Crippen molar-refractivity contribution in [3.63, 3.8) is 0 Å². The highest BCUT2D eigenvalue weighted by molar-refractivity contribution is 9.11. The fourth-order valence-electron chi connectivity index (χ4n) is 0.507. The molecule has 0 bridgehead atoms. The number of aromatic nitrogens is 1. The Morgan fingerprint density at radius 1 is 1.91 bits per heavy atom. The van der Waals surface area contributed by atoms with Crippen molar-refractivity contribution in [1.29, 1.82) is 0 Å². The molecule has 1 N–H and O–H groups in total. The maximum Gasteiger partial charge on any atom is 0.184 e. The number of hydrogen-bond donors (Lipinski definition) is 1. The van der Waals surface area contributed by atoms with Crippen LogP contribution in [0, 0.1) is 0 Å². The number of nitrogens with one attached hydrogen (secondary N) is 1. The van der Waals surface area contributed by atoms with Crippen molar-refractivity contribution >= 4 is 44.0 Å². The zero-order chi connectivity index (χ0) is 8.27. The van der Waals surface area contributed by atoms with Crippen molar-refractivity contribution in [1.82, 2.24) is 4.98 Å². The lowest BCUT2D eigenvalue weighted by molar-refractivity contribution is 1.28. The van der Waals surface area contributed by atoms with Crippen LogP contribution in [0.3, 0.4) is 0 Å². The first-order valence-corrected chi connectivity index (χ1v) is 4.91. The van der Waals surface area contributed by atoms with Crippen molar-refractivity contribution in [2.24, 2.45) is 0 Å². The predicted molar refractivity (Wildman–Crippen MR) is 53.7 cm³/mol. The van der Waals surface area contributed by atoms with Crippen molar-refractivity contribution in [3.05, 3.63) is 21.6 Å². The van der Waals surface area contributed by atoms with Crippen molar-refractivity contribution in [3.8, 4) is 0 Å². The Balaban J connectivity index is 2.45. The largest absolute Gasteiger partial charge is 0.357 e. The Labute approximate surface area is 82.4 Å². The standard InChI is InChI=1S/C6H6BrClN2S/c1-4(7)2-9-6-10-5(8)3-11-6/h3H,1-2H2,(H,9,10). The van der Waals surface area contributed by atoms with E-state index in [2.05, 4.69) is 32.8 Å². The molecule has 5 heteroatoms. The van der Waals surface area contributed by atoms with Gasteiger partial charge in [0.05, 0.1) is 0 Å². The van der Waals surface area contributed by atoms with Gasteiger partial charge >= 0.3 is 0 Å². The summed E-state index contributed by atoms with van der Waals surface area (Å²) in [6, 6.07) is 0. The number of anilines is 1. The molecule has 1 heterocycles. The molecule has 0 aliphatic rings. The third-order valence-corrected chi connectivity index (χ3v) is 2.31. The van der Waals surface area contributed by atoms with Crippen molar-refractivity contribution < 1.29 is 0 Å². The van der Waals surface area contributed by atoms with Crippen LogP contribution in [0.4, 0.5) is 5.13 Å². The average Bonchev–Trinajstić information content (AvgIpc) is 2.31. The van der Waals surface area contributed by atoms with E-state index in [1.165, 1.54) is 11.3 Å². The van der Waals surface area contributed by atoms with Crippen LogP contribution < -0.4 is 5.32 Å². The van der Waals surface area contributed by atoms with Crippen LogP contribution in [0.1, 0.15) is 0 Å². The first kappa shape index (κ1) is 9.03. The normalized spacial score (nSPS) is 9.64. The van der Waals surface area contributed by atoms with Crippen LogP contribution in [0.2, 0.25) is 5.15 Å². The zero-order valence-electron chi connectivity index (χ0n) is 5.60. The molecule has 0 atom stereocenters. The quantitative estimate of drug-likeness (QED) is 0.895. The van der Waals surface area contributed by atoms with Crippen LogP contribution in [-0.2, 0) is 0 Å². The van der Waals surface area contributed by atoms with Gasteiger partial charge in [0.1, 0.15) is 5.15 Å². The molecule has 0 spiro atoms. The number of thiazole rings is 1. The zero-order valence-corrected chi connectivity index (χ0v) is 8.76. The lowest BCUT2D eigenvalue weighted by atomic mass is 10.6. The number of halogens is 2. The van der Waals surface area contributed by atoms with E-state index in [0.29, 0.717) is 11.7 Å². The van der Waals surface area contributed by atoms with E-state index in [1.54, 1.807) is 5.38 Å². The first-order valence-electron chi connectivity index (χ1n) is 2.86. The van der Waals surface area contributed by atoms with Crippen LogP contribution in [0.25, 0.3) is 0 Å². The van der Waals surface area contributed by atoms with Crippen molar-refractivity contribution in [2.75, 3.05) is 11.9 Å². The Kier molecular flexibility index (Phi) is 3.36. The van der Waals surface area contributed by atoms with Crippen LogP contribution >= 0.6 is 38.9 Å². The molecule has 0 saturated heterocycles. The molecule has 11 heavy (non-hydrogen) atoms. The minimum Gasteiger partial charge on any atom is -0.357 e. The molecule has 0 amide bonds. The van der Waals surface area contributed by atoms with Crippen LogP contribution in [0.5, 0.6) is 0 Å². The molecule has 0 saturated carbocycles. The fourth-order valence-corrected chi connectivity index (χ4v) is 1.48. The van der Waals surface area contributed by atoms with E-state index in [4.69, 9.17) is 11.6 Å². The SMILES string of the molecule is C=C(Br)CNc1nc(Cl)cs1. The molecule has 2 nitrogen and oxygen atoms in total. The van der Waals surface area contributed by atoms with E-state index in [9.17, 15) is 0 Å². The Morgan fingerprint density at radius 3 is 3.09 bits per heavy atom. The maximum absolute atomic E-state index is 5.60. The minimum atomic E-state index is 0.526. The highest BCUT2D eigenvalue weighted by atomic mass is 79.9. The molecule has 0 aliphatic carbocycles. The van der Waals surface area contributed by atoms with Gasteiger partial charge in [-0.2, -0.15) is 0 Å². The van der Waals surface area contributed by atoms with Crippen LogP contribution in [-0.4, -0.2) is 11.5 Å². The second kappa shape index (κ2) is 4.09. The maximum atomic E-state index is 5.60. The van der Waals surface area contributed by atoms with Gasteiger partial charge in [-0.1, -0.05) is 34.1 Å². The lowest BCUT2D eigenvalue weighted by Crippen LogP contribution is -1.99. The molecule has 0 aromatic carbocycles. The first-order chi connectivity index (χ1) is 5.18. The lowest BCUT2D eigenvalue weighted by Gasteiger charge is -1.97. The molecule has 0 radical (unpaired) electrons. The van der Waals surface area contributed by atoms with Gasteiger partial charge in [-0.05, 0) is 0 Å². The second-order valence-corrected chi connectivity index (χ2v) is 4.21. The van der Waals surface area contributed by atoms with Gasteiger partial charge in [-0.15, -0.1) is 11.3 Å². The molecular weight excluding hydrogens is 248 g/mol. The second-order valence-electron chi connectivity index (χ2n) is 1.85. The van der Waals surface area contributed by atoms with Crippen molar-refractivity contribution in [2.45, 2.75) is 0 Å². The summed E-state index contributed by atoms with van der Waals surface area (Å²) in [5, 5.41) is 6.16. The van der Waals surface area contributed by atoms with Gasteiger partial charge in [-0.25, -0.2) is 4.98 Å². The van der Waals surface area contributed by atoms with E-state index in [-0.39, 0.29) is 0 Å². The van der Waals surface area contributed by atoms with E-state index in [0.717, 1.165) is 9.61 Å². The summed E-state index contributed by atoms with van der Waals surface area (Å²) in [5.41, 5.74) is 0. The summed E-state index contributed by atoms with van der Waals surface area (Å²) in [6.07, 6.45) is 0. The molecule has 1 rings (SSSR count). The number of hydrogen-bond acceptors (Lipinski definition) is 3. The molecule has 60 valence electrons. The average molecular weight is 254 g/mol. The van der Waals surface area contributed by atoms with E-state index >= 15 is 0 Å². The van der Waals surface area contributed by atoms with Gasteiger partial charge in [0.2, 0.25) is 0 Å². The van der Waals surface area contributed by atoms with Gasteiger partial charge < -0.3 is 5.32 Å². The monoisotopic (exact) mass is 252 g/mol. The summed E-state index contributed by atoms with van der Waals surface area (Å²) in [7, 11) is 0. The molecule has 1 aromatic rings. The molecular formula is C6H6BrClN2S. The van der Waals surface area contributed by atoms with E-state index < -0.39 is 0 Å². The Bertz CT molecular complexity index is 261. The van der Waals surface area contributed by atoms with Crippen LogP contribution in [0.15, 0.2) is 16.4 Å². The Hall–Kier alpha value is -0.0600. The van der Waals surface area contributed by atoms with Gasteiger partial charge in [0, 0.05) is 16.4 Å². The number of rotatable bonds is 3. The summed E-state index contributed by atoms with van der Waals surface area (Å²) in [6.45, 7) is 4.35. The highest BCUT2D eigenvalue weighted by Crippen LogP contribution is 2.19. The summed E-state index contributed by atoms with van der Waals surface area (Å²) in [4.78, 5) is 3.99. The van der Waals surface area contributed by atoms with E-state index in [1.807, 2.05) is 0 Å². The molecule has 0 aliphatic heterocycles. The summed E-state index contributed by atoms with van der Waals surface area (Å²) in [5.74, 6) is 0.